The highest BCUT2D eigenvalue weighted by molar-refractivity contribution is 5.89. The van der Waals surface area contributed by atoms with Crippen LogP contribution in [0.4, 0.5) is 16.3 Å². The molecule has 1 aromatic heterocycles. The standard InChI is InChI=1S/C23H33N7O2/c1-16-15-32-12-11-30(16)22-19-13-29(4)14-20(19)26-21(27-22)17-5-7-18(8-6-17)25-23(31)24-9-10-28(2)3/h5-8,16H,9-15H2,1-4H3,(H2,24,25,31)/t16-/m0/s1. The number of nitrogens with zero attached hydrogens (tertiary/aromatic N) is 5. The van der Waals surface area contributed by atoms with Crippen LogP contribution < -0.4 is 15.5 Å². The monoisotopic (exact) mass is 439 g/mol. The summed E-state index contributed by atoms with van der Waals surface area (Å²) in [6.45, 7) is 7.50. The lowest BCUT2D eigenvalue weighted by Crippen LogP contribution is -2.44. The smallest absolute Gasteiger partial charge is 0.319 e. The van der Waals surface area contributed by atoms with Crippen molar-refractivity contribution < 1.29 is 9.53 Å². The van der Waals surface area contributed by atoms with Crippen molar-refractivity contribution in [3.05, 3.63) is 35.5 Å². The Hall–Kier alpha value is -2.75. The fourth-order valence-electron chi connectivity index (χ4n) is 4.07. The van der Waals surface area contributed by atoms with E-state index in [1.165, 1.54) is 5.56 Å². The van der Waals surface area contributed by atoms with E-state index in [9.17, 15) is 4.79 Å². The second-order valence-corrected chi connectivity index (χ2v) is 8.85. The highest BCUT2D eigenvalue weighted by Gasteiger charge is 2.29. The van der Waals surface area contributed by atoms with Gasteiger partial charge in [0.25, 0.3) is 0 Å². The minimum absolute atomic E-state index is 0.208. The summed E-state index contributed by atoms with van der Waals surface area (Å²) in [4.78, 5) is 28.6. The van der Waals surface area contributed by atoms with Gasteiger partial charge in [0.1, 0.15) is 5.82 Å². The summed E-state index contributed by atoms with van der Waals surface area (Å²) in [6.07, 6.45) is 0. The fourth-order valence-corrected chi connectivity index (χ4v) is 4.07. The van der Waals surface area contributed by atoms with Gasteiger partial charge in [0.2, 0.25) is 0 Å². The fraction of sp³-hybridized carbons (Fsp3) is 0.522. The summed E-state index contributed by atoms with van der Waals surface area (Å²) in [7, 11) is 6.06. The zero-order valence-corrected chi connectivity index (χ0v) is 19.4. The summed E-state index contributed by atoms with van der Waals surface area (Å²) in [5, 5.41) is 5.72. The first kappa shape index (κ1) is 22.4. The second kappa shape index (κ2) is 9.81. The van der Waals surface area contributed by atoms with Gasteiger partial charge in [0.15, 0.2) is 5.82 Å². The molecule has 0 spiro atoms. The molecule has 2 aliphatic rings. The third-order valence-electron chi connectivity index (χ3n) is 5.80. The first-order valence-corrected chi connectivity index (χ1v) is 11.1. The molecule has 9 nitrogen and oxygen atoms in total. The third kappa shape index (κ3) is 5.17. The molecule has 0 aliphatic carbocycles. The first-order valence-electron chi connectivity index (χ1n) is 11.1. The van der Waals surface area contributed by atoms with Gasteiger partial charge in [-0.15, -0.1) is 0 Å². The molecule has 4 rings (SSSR count). The summed E-state index contributed by atoms with van der Waals surface area (Å²) < 4.78 is 5.63. The number of carbonyl (C=O) groups is 1. The Morgan fingerprint density at radius 3 is 2.72 bits per heavy atom. The van der Waals surface area contributed by atoms with Gasteiger partial charge in [-0.05, 0) is 52.3 Å². The number of hydrogen-bond acceptors (Lipinski definition) is 7. The average Bonchev–Trinajstić information content (AvgIpc) is 3.14. The van der Waals surface area contributed by atoms with Gasteiger partial charge in [-0.3, -0.25) is 4.90 Å². The lowest BCUT2D eigenvalue weighted by molar-refractivity contribution is 0.0984. The Kier molecular flexibility index (Phi) is 6.88. The van der Waals surface area contributed by atoms with Crippen LogP contribution >= 0.6 is 0 Å². The van der Waals surface area contributed by atoms with Gasteiger partial charge in [0, 0.05) is 49.5 Å². The number of hydrogen-bond donors (Lipinski definition) is 2. The summed E-state index contributed by atoms with van der Waals surface area (Å²) in [5.74, 6) is 1.74. The van der Waals surface area contributed by atoms with E-state index in [1.54, 1.807) is 0 Å². The highest BCUT2D eigenvalue weighted by Crippen LogP contribution is 2.32. The van der Waals surface area contributed by atoms with Crippen molar-refractivity contribution >= 4 is 17.5 Å². The molecule has 1 aromatic carbocycles. The van der Waals surface area contributed by atoms with Crippen LogP contribution in [-0.2, 0) is 17.8 Å². The molecule has 2 N–H and O–H groups in total. The minimum Gasteiger partial charge on any atom is -0.377 e. The highest BCUT2D eigenvalue weighted by atomic mass is 16.5. The predicted octanol–water partition coefficient (Wildman–Crippen LogP) is 2.00. The average molecular weight is 440 g/mol. The normalized spacial score (nSPS) is 18.7. The van der Waals surface area contributed by atoms with Crippen LogP contribution in [-0.4, -0.2) is 85.8 Å². The molecule has 0 bridgehead atoms. The molecule has 0 unspecified atom stereocenters. The van der Waals surface area contributed by atoms with E-state index >= 15 is 0 Å². The molecule has 9 heteroatoms. The Balaban J connectivity index is 1.53. The molecule has 1 saturated heterocycles. The van der Waals surface area contributed by atoms with Gasteiger partial charge in [0.05, 0.1) is 24.9 Å². The lowest BCUT2D eigenvalue weighted by atomic mass is 10.1. The summed E-state index contributed by atoms with van der Waals surface area (Å²) in [5.41, 5.74) is 3.98. The van der Waals surface area contributed by atoms with Gasteiger partial charge < -0.3 is 25.2 Å². The number of anilines is 2. The molecule has 0 radical (unpaired) electrons. The Labute approximate surface area is 189 Å². The minimum atomic E-state index is -0.208. The van der Waals surface area contributed by atoms with E-state index in [-0.39, 0.29) is 12.1 Å². The van der Waals surface area contributed by atoms with Crippen LogP contribution in [0, 0.1) is 0 Å². The predicted molar refractivity (Wildman–Crippen MR) is 126 cm³/mol. The van der Waals surface area contributed by atoms with Crippen LogP contribution in [0.15, 0.2) is 24.3 Å². The number of ether oxygens (including phenoxy) is 1. The maximum atomic E-state index is 12.1. The molecule has 2 amide bonds. The number of likely N-dealkylation sites (N-methyl/N-ethyl adjacent to an activating group) is 1. The molecular weight excluding hydrogens is 406 g/mol. The number of carbonyl (C=O) groups excluding carboxylic acids is 1. The Morgan fingerprint density at radius 1 is 1.22 bits per heavy atom. The molecule has 3 heterocycles. The van der Waals surface area contributed by atoms with Gasteiger partial charge >= 0.3 is 6.03 Å². The van der Waals surface area contributed by atoms with Crippen LogP contribution in [0.1, 0.15) is 18.2 Å². The van der Waals surface area contributed by atoms with Crippen LogP contribution in [0.3, 0.4) is 0 Å². The molecule has 0 saturated carbocycles. The quantitative estimate of drug-likeness (QED) is 0.712. The van der Waals surface area contributed by atoms with Crippen LogP contribution in [0.2, 0.25) is 0 Å². The topological polar surface area (TPSA) is 85.9 Å². The number of aromatic nitrogens is 2. The van der Waals surface area contributed by atoms with Crippen molar-refractivity contribution in [2.45, 2.75) is 26.1 Å². The number of fused-ring (bicyclic) bond motifs is 1. The molecule has 2 aliphatic heterocycles. The number of benzene rings is 1. The largest absolute Gasteiger partial charge is 0.377 e. The lowest BCUT2D eigenvalue weighted by Gasteiger charge is -2.35. The van der Waals surface area contributed by atoms with Crippen molar-refractivity contribution in [2.75, 3.05) is 64.2 Å². The number of morpholine rings is 1. The third-order valence-corrected chi connectivity index (χ3v) is 5.80. The van der Waals surface area contributed by atoms with Crippen molar-refractivity contribution in [1.82, 2.24) is 25.1 Å². The maximum absolute atomic E-state index is 12.1. The molecule has 1 atom stereocenters. The van der Waals surface area contributed by atoms with E-state index in [4.69, 9.17) is 14.7 Å². The number of amides is 2. The zero-order chi connectivity index (χ0) is 22.7. The molecule has 172 valence electrons. The maximum Gasteiger partial charge on any atom is 0.319 e. The van der Waals surface area contributed by atoms with Gasteiger partial charge in [-0.25, -0.2) is 14.8 Å². The SMILES string of the molecule is C[C@H]1COCCN1c1nc(-c2ccc(NC(=O)NCCN(C)C)cc2)nc2c1CN(C)C2. The first-order chi connectivity index (χ1) is 15.4. The molecule has 2 aromatic rings. The number of urea groups is 1. The Bertz CT molecular complexity index is 948. The zero-order valence-electron chi connectivity index (χ0n) is 19.4. The second-order valence-electron chi connectivity index (χ2n) is 8.85. The van der Waals surface area contributed by atoms with Crippen LogP contribution in [0.5, 0.6) is 0 Å². The van der Waals surface area contributed by atoms with Crippen LogP contribution in [0.25, 0.3) is 11.4 Å². The molecular formula is C23H33N7O2. The van der Waals surface area contributed by atoms with Crippen molar-refractivity contribution in [1.29, 1.82) is 0 Å². The van der Waals surface area contributed by atoms with Crippen molar-refractivity contribution in [3.8, 4) is 11.4 Å². The molecule has 32 heavy (non-hydrogen) atoms. The van der Waals surface area contributed by atoms with E-state index in [0.29, 0.717) is 19.8 Å². The van der Waals surface area contributed by atoms with Crippen molar-refractivity contribution in [2.24, 2.45) is 0 Å². The van der Waals surface area contributed by atoms with Crippen molar-refractivity contribution in [3.63, 3.8) is 0 Å². The van der Waals surface area contributed by atoms with E-state index in [2.05, 4.69) is 34.4 Å². The summed E-state index contributed by atoms with van der Waals surface area (Å²) in [6, 6.07) is 7.77. The number of rotatable bonds is 6. The van der Waals surface area contributed by atoms with Gasteiger partial charge in [-0.1, -0.05) is 0 Å². The Morgan fingerprint density at radius 2 is 2.00 bits per heavy atom. The van der Waals surface area contributed by atoms with E-state index in [1.807, 2.05) is 43.3 Å². The van der Waals surface area contributed by atoms with E-state index in [0.717, 1.165) is 54.8 Å². The summed E-state index contributed by atoms with van der Waals surface area (Å²) >= 11 is 0. The van der Waals surface area contributed by atoms with Gasteiger partial charge in [-0.2, -0.15) is 0 Å². The molecule has 1 fully saturated rings. The number of nitrogens with one attached hydrogen (secondary N) is 2. The van der Waals surface area contributed by atoms with E-state index < -0.39 is 0 Å².